The van der Waals surface area contributed by atoms with Gasteiger partial charge in [-0.05, 0) is 35.9 Å². The minimum Gasteiger partial charge on any atom is -0.454 e. The van der Waals surface area contributed by atoms with Gasteiger partial charge in [0, 0.05) is 11.1 Å². The second-order valence-electron chi connectivity index (χ2n) is 4.75. The number of carbonyl (C=O) groups is 2. The Balaban J connectivity index is 1.74. The van der Waals surface area contributed by atoms with Crippen LogP contribution in [0.2, 0.25) is 0 Å². The zero-order chi connectivity index (χ0) is 15.5. The van der Waals surface area contributed by atoms with E-state index in [9.17, 15) is 9.59 Å². The van der Waals surface area contributed by atoms with Crippen LogP contribution in [0.3, 0.4) is 0 Å². The van der Waals surface area contributed by atoms with E-state index in [0.29, 0.717) is 22.6 Å². The normalized spacial score (nSPS) is 12.5. The SMILES string of the molecule is NC(=O)c1ccc(C(=O)C=Cc2ccc3c(c2)OCO3)cc1. The van der Waals surface area contributed by atoms with Crippen molar-refractivity contribution in [3.63, 3.8) is 0 Å². The van der Waals surface area contributed by atoms with E-state index in [0.717, 1.165) is 5.56 Å². The number of hydrogen-bond acceptors (Lipinski definition) is 4. The van der Waals surface area contributed by atoms with Gasteiger partial charge in [0.2, 0.25) is 12.7 Å². The molecule has 2 N–H and O–H groups in total. The number of hydrogen-bond donors (Lipinski definition) is 1. The van der Waals surface area contributed by atoms with Crippen molar-refractivity contribution in [2.75, 3.05) is 6.79 Å². The average molecular weight is 295 g/mol. The summed E-state index contributed by atoms with van der Waals surface area (Å²) in [4.78, 5) is 23.1. The fraction of sp³-hybridized carbons (Fsp3) is 0.0588. The molecule has 1 heterocycles. The van der Waals surface area contributed by atoms with Gasteiger partial charge < -0.3 is 15.2 Å². The molecule has 22 heavy (non-hydrogen) atoms. The van der Waals surface area contributed by atoms with E-state index in [1.54, 1.807) is 24.3 Å². The molecule has 0 saturated heterocycles. The lowest BCUT2D eigenvalue weighted by molar-refractivity contribution is 0.0997. The first-order valence-corrected chi connectivity index (χ1v) is 6.65. The molecule has 0 bridgehead atoms. The molecule has 1 aliphatic rings. The van der Waals surface area contributed by atoms with Crippen LogP contribution >= 0.6 is 0 Å². The summed E-state index contributed by atoms with van der Waals surface area (Å²) in [6.07, 6.45) is 3.17. The molecule has 5 nitrogen and oxygen atoms in total. The number of ketones is 1. The van der Waals surface area contributed by atoms with Gasteiger partial charge in [-0.25, -0.2) is 0 Å². The molecule has 0 atom stereocenters. The van der Waals surface area contributed by atoms with Gasteiger partial charge in [-0.1, -0.05) is 24.3 Å². The smallest absolute Gasteiger partial charge is 0.248 e. The van der Waals surface area contributed by atoms with Crippen molar-refractivity contribution in [3.8, 4) is 11.5 Å². The largest absolute Gasteiger partial charge is 0.454 e. The first-order valence-electron chi connectivity index (χ1n) is 6.65. The van der Waals surface area contributed by atoms with Crippen LogP contribution in [0.25, 0.3) is 6.08 Å². The van der Waals surface area contributed by atoms with Crippen molar-refractivity contribution < 1.29 is 19.1 Å². The highest BCUT2D eigenvalue weighted by molar-refractivity contribution is 6.07. The van der Waals surface area contributed by atoms with Crippen molar-refractivity contribution in [1.82, 2.24) is 0 Å². The Kier molecular flexibility index (Phi) is 3.62. The molecule has 0 radical (unpaired) electrons. The number of primary amides is 1. The van der Waals surface area contributed by atoms with Gasteiger partial charge in [-0.2, -0.15) is 0 Å². The van der Waals surface area contributed by atoms with Gasteiger partial charge in [-0.3, -0.25) is 9.59 Å². The molecule has 3 rings (SSSR count). The molecule has 1 amide bonds. The number of rotatable bonds is 4. The lowest BCUT2D eigenvalue weighted by atomic mass is 10.1. The molecule has 0 aromatic heterocycles. The summed E-state index contributed by atoms with van der Waals surface area (Å²) in [5.74, 6) is 0.689. The third-order valence-corrected chi connectivity index (χ3v) is 3.28. The summed E-state index contributed by atoms with van der Waals surface area (Å²) in [5, 5.41) is 0. The third-order valence-electron chi connectivity index (χ3n) is 3.28. The van der Waals surface area contributed by atoms with Crippen LogP contribution in [0.1, 0.15) is 26.3 Å². The zero-order valence-corrected chi connectivity index (χ0v) is 11.6. The van der Waals surface area contributed by atoms with Gasteiger partial charge in [0.15, 0.2) is 17.3 Å². The number of benzene rings is 2. The predicted molar refractivity (Wildman–Crippen MR) is 80.9 cm³/mol. The maximum atomic E-state index is 12.1. The van der Waals surface area contributed by atoms with Crippen LogP contribution in [0.15, 0.2) is 48.5 Å². The van der Waals surface area contributed by atoms with E-state index >= 15 is 0 Å². The highest BCUT2D eigenvalue weighted by Gasteiger charge is 2.12. The Morgan fingerprint density at radius 3 is 2.36 bits per heavy atom. The van der Waals surface area contributed by atoms with Crippen molar-refractivity contribution in [2.24, 2.45) is 5.73 Å². The van der Waals surface area contributed by atoms with Crippen molar-refractivity contribution in [1.29, 1.82) is 0 Å². The van der Waals surface area contributed by atoms with Crippen LogP contribution in [0.4, 0.5) is 0 Å². The maximum Gasteiger partial charge on any atom is 0.248 e. The minimum atomic E-state index is -0.519. The first kappa shape index (κ1) is 13.9. The van der Waals surface area contributed by atoms with E-state index in [1.165, 1.54) is 18.2 Å². The summed E-state index contributed by atoms with van der Waals surface area (Å²) >= 11 is 0. The van der Waals surface area contributed by atoms with E-state index in [4.69, 9.17) is 15.2 Å². The molecule has 2 aromatic rings. The Labute approximate surface area is 127 Å². The van der Waals surface area contributed by atoms with Crippen molar-refractivity contribution >= 4 is 17.8 Å². The van der Waals surface area contributed by atoms with Crippen molar-refractivity contribution in [2.45, 2.75) is 0 Å². The standard InChI is InChI=1S/C17H13NO4/c18-17(20)13-5-3-12(4-6-13)14(19)7-1-11-2-8-15-16(9-11)22-10-21-15/h1-9H,10H2,(H2,18,20). The van der Waals surface area contributed by atoms with Crippen LogP contribution in [0, 0.1) is 0 Å². The summed E-state index contributed by atoms with van der Waals surface area (Å²) < 4.78 is 10.5. The Bertz CT molecular complexity index is 763. The fourth-order valence-electron chi connectivity index (χ4n) is 2.08. The minimum absolute atomic E-state index is 0.159. The lowest BCUT2D eigenvalue weighted by Gasteiger charge is -1.99. The molecule has 0 aliphatic carbocycles. The lowest BCUT2D eigenvalue weighted by Crippen LogP contribution is -2.10. The van der Waals surface area contributed by atoms with Crippen LogP contribution in [-0.2, 0) is 0 Å². The summed E-state index contributed by atoms with van der Waals surface area (Å²) in [6, 6.07) is 11.7. The topological polar surface area (TPSA) is 78.6 Å². The highest BCUT2D eigenvalue weighted by Crippen LogP contribution is 2.32. The number of ether oxygens (including phenoxy) is 2. The molecular formula is C17H13NO4. The van der Waals surface area contributed by atoms with E-state index < -0.39 is 5.91 Å². The van der Waals surface area contributed by atoms with Gasteiger partial charge >= 0.3 is 0 Å². The number of allylic oxidation sites excluding steroid dienone is 1. The summed E-state index contributed by atoms with van der Waals surface area (Å²) in [7, 11) is 0. The number of fused-ring (bicyclic) bond motifs is 1. The summed E-state index contributed by atoms with van der Waals surface area (Å²) in [5.41, 5.74) is 6.86. The average Bonchev–Trinajstić information content (AvgIpc) is 3.00. The Hall–Kier alpha value is -3.08. The quantitative estimate of drug-likeness (QED) is 0.694. The molecule has 0 spiro atoms. The zero-order valence-electron chi connectivity index (χ0n) is 11.6. The second kappa shape index (κ2) is 5.73. The second-order valence-corrected chi connectivity index (χ2v) is 4.75. The van der Waals surface area contributed by atoms with Crippen LogP contribution in [0.5, 0.6) is 11.5 Å². The van der Waals surface area contributed by atoms with Crippen LogP contribution in [-0.4, -0.2) is 18.5 Å². The molecule has 5 heteroatoms. The third kappa shape index (κ3) is 2.83. The molecule has 0 fully saturated rings. The Morgan fingerprint density at radius 1 is 0.955 bits per heavy atom. The predicted octanol–water partition coefficient (Wildman–Crippen LogP) is 2.41. The van der Waals surface area contributed by atoms with Gasteiger partial charge in [-0.15, -0.1) is 0 Å². The van der Waals surface area contributed by atoms with Gasteiger partial charge in [0.05, 0.1) is 0 Å². The van der Waals surface area contributed by atoms with E-state index in [1.807, 2.05) is 12.1 Å². The molecule has 110 valence electrons. The molecule has 1 aliphatic heterocycles. The molecule has 0 unspecified atom stereocenters. The maximum absolute atomic E-state index is 12.1. The fourth-order valence-corrected chi connectivity index (χ4v) is 2.08. The number of nitrogens with two attached hydrogens (primary N) is 1. The number of carbonyl (C=O) groups excluding carboxylic acids is 2. The number of amides is 1. The molecule has 0 saturated carbocycles. The molecule has 2 aromatic carbocycles. The van der Waals surface area contributed by atoms with Gasteiger partial charge in [0.1, 0.15) is 0 Å². The van der Waals surface area contributed by atoms with Crippen molar-refractivity contribution in [3.05, 3.63) is 65.2 Å². The summed E-state index contributed by atoms with van der Waals surface area (Å²) in [6.45, 7) is 0.216. The molecular weight excluding hydrogens is 282 g/mol. The Morgan fingerprint density at radius 2 is 1.64 bits per heavy atom. The van der Waals surface area contributed by atoms with Crippen LogP contribution < -0.4 is 15.2 Å². The first-order chi connectivity index (χ1) is 10.6. The van der Waals surface area contributed by atoms with Gasteiger partial charge in [0.25, 0.3) is 0 Å². The van der Waals surface area contributed by atoms with E-state index in [-0.39, 0.29) is 12.6 Å². The monoisotopic (exact) mass is 295 g/mol. The van der Waals surface area contributed by atoms with E-state index in [2.05, 4.69) is 0 Å². The highest BCUT2D eigenvalue weighted by atomic mass is 16.7.